The van der Waals surface area contributed by atoms with E-state index in [1.165, 1.54) is 18.4 Å². The number of aryl methyl sites for hydroxylation is 3. The Balaban J connectivity index is 1.88. The Morgan fingerprint density at radius 2 is 1.73 bits per heavy atom. The highest BCUT2D eigenvalue weighted by atomic mass is 32.1. The van der Waals surface area contributed by atoms with Gasteiger partial charge in [0.1, 0.15) is 10.7 Å². The van der Waals surface area contributed by atoms with E-state index in [1.807, 2.05) is 20.8 Å². The summed E-state index contributed by atoms with van der Waals surface area (Å²) in [6.07, 6.45) is 0. The third-order valence-electron chi connectivity index (χ3n) is 3.89. The number of nitrogens with zero attached hydrogens (tertiary/aromatic N) is 2. The zero-order valence-electron chi connectivity index (χ0n) is 14.9. The molecule has 7 nitrogen and oxygen atoms in total. The first-order valence-electron chi connectivity index (χ1n) is 8.03. The van der Waals surface area contributed by atoms with Crippen LogP contribution in [0.2, 0.25) is 0 Å². The number of hydrogen-bond acceptors (Lipinski definition) is 5. The van der Waals surface area contributed by atoms with Gasteiger partial charge in [-0.3, -0.25) is 4.79 Å². The molecule has 1 aromatic carbocycles. The number of carbonyl (C=O) groups excluding carboxylic acids is 2. The fraction of sp³-hybridized carbons (Fsp3) is 0.222. The summed E-state index contributed by atoms with van der Waals surface area (Å²) < 4.78 is 0. The first kappa shape index (κ1) is 17.8. The third kappa shape index (κ3) is 3.50. The van der Waals surface area contributed by atoms with Gasteiger partial charge in [-0.15, -0.1) is 11.3 Å². The minimum absolute atomic E-state index is 0.209. The molecule has 0 spiro atoms. The van der Waals surface area contributed by atoms with Crippen molar-refractivity contribution in [3.05, 3.63) is 46.2 Å². The smallest absolute Gasteiger partial charge is 0.318 e. The largest absolute Gasteiger partial charge is 0.341 e. The van der Waals surface area contributed by atoms with Gasteiger partial charge in [0.05, 0.1) is 4.88 Å². The van der Waals surface area contributed by atoms with Crippen LogP contribution in [0.25, 0.3) is 10.2 Å². The number of benzene rings is 1. The number of hydrogen-bond donors (Lipinski definition) is 3. The van der Waals surface area contributed by atoms with Crippen LogP contribution in [0.1, 0.15) is 26.8 Å². The van der Waals surface area contributed by atoms with E-state index in [0.29, 0.717) is 22.1 Å². The van der Waals surface area contributed by atoms with Crippen molar-refractivity contribution in [2.24, 2.45) is 0 Å². The normalized spacial score (nSPS) is 10.6. The van der Waals surface area contributed by atoms with Crippen LogP contribution in [0.5, 0.6) is 0 Å². The fourth-order valence-electron chi connectivity index (χ4n) is 2.75. The van der Waals surface area contributed by atoms with Gasteiger partial charge in [-0.05, 0) is 44.5 Å². The predicted molar refractivity (Wildman–Crippen MR) is 104 cm³/mol. The molecule has 0 fully saturated rings. The van der Waals surface area contributed by atoms with Crippen molar-refractivity contribution in [1.29, 1.82) is 0 Å². The van der Waals surface area contributed by atoms with Crippen molar-refractivity contribution in [1.82, 2.24) is 15.3 Å². The summed E-state index contributed by atoms with van der Waals surface area (Å²) in [7, 11) is 1.54. The molecule has 0 aliphatic rings. The van der Waals surface area contributed by atoms with Crippen LogP contribution >= 0.6 is 11.3 Å². The van der Waals surface area contributed by atoms with Crippen molar-refractivity contribution < 1.29 is 9.59 Å². The lowest BCUT2D eigenvalue weighted by Crippen LogP contribution is -2.24. The summed E-state index contributed by atoms with van der Waals surface area (Å²) >= 11 is 1.36. The maximum Gasteiger partial charge on any atom is 0.318 e. The van der Waals surface area contributed by atoms with Crippen molar-refractivity contribution in [2.75, 3.05) is 17.7 Å². The monoisotopic (exact) mass is 369 g/mol. The Bertz CT molecular complexity index is 1010. The minimum Gasteiger partial charge on any atom is -0.341 e. The summed E-state index contributed by atoms with van der Waals surface area (Å²) in [5.74, 6) is 0.482. The van der Waals surface area contributed by atoms with Gasteiger partial charge in [-0.2, -0.15) is 0 Å². The first-order valence-corrected chi connectivity index (χ1v) is 8.85. The van der Waals surface area contributed by atoms with E-state index in [9.17, 15) is 9.59 Å². The van der Waals surface area contributed by atoms with Crippen LogP contribution in [-0.4, -0.2) is 29.0 Å². The van der Waals surface area contributed by atoms with Crippen LogP contribution in [-0.2, 0) is 0 Å². The van der Waals surface area contributed by atoms with Gasteiger partial charge < -0.3 is 16.0 Å². The van der Waals surface area contributed by atoms with Gasteiger partial charge in [0.15, 0.2) is 0 Å². The Hall–Kier alpha value is -3.00. The van der Waals surface area contributed by atoms with Gasteiger partial charge in [-0.1, -0.05) is 6.07 Å². The summed E-state index contributed by atoms with van der Waals surface area (Å²) in [6, 6.07) is 6.66. The standard InChI is InChI=1S/C18H19N5O2S/c1-9-14-10(2)20-11(3)21-17(14)26-15(9)16(24)22-12-6-5-7-13(8-12)23-18(25)19-4/h5-8H,1-4H3,(H,22,24)(H2,19,23,25). The molecular weight excluding hydrogens is 350 g/mol. The van der Waals surface area contributed by atoms with E-state index in [0.717, 1.165) is 21.5 Å². The van der Waals surface area contributed by atoms with Crippen molar-refractivity contribution >= 4 is 44.9 Å². The molecule has 0 atom stereocenters. The average molecular weight is 369 g/mol. The zero-order chi connectivity index (χ0) is 18.8. The molecule has 26 heavy (non-hydrogen) atoms. The van der Waals surface area contributed by atoms with E-state index in [-0.39, 0.29) is 11.9 Å². The molecule has 0 bridgehead atoms. The Morgan fingerprint density at radius 3 is 2.42 bits per heavy atom. The summed E-state index contributed by atoms with van der Waals surface area (Å²) in [6.45, 7) is 5.67. The maximum atomic E-state index is 12.7. The molecule has 8 heteroatoms. The molecule has 0 aliphatic heterocycles. The number of fused-ring (bicyclic) bond motifs is 1. The summed E-state index contributed by atoms with van der Waals surface area (Å²) in [4.78, 5) is 34.4. The van der Waals surface area contributed by atoms with Gasteiger partial charge >= 0.3 is 6.03 Å². The number of anilines is 2. The molecule has 2 aromatic heterocycles. The highest BCUT2D eigenvalue weighted by Crippen LogP contribution is 2.31. The first-order chi connectivity index (χ1) is 12.4. The zero-order valence-corrected chi connectivity index (χ0v) is 15.7. The molecule has 0 unspecified atom stereocenters. The van der Waals surface area contributed by atoms with Crippen molar-refractivity contribution in [3.8, 4) is 0 Å². The Morgan fingerprint density at radius 1 is 1.04 bits per heavy atom. The molecule has 3 N–H and O–H groups in total. The van der Waals surface area contributed by atoms with Gasteiger partial charge in [-0.25, -0.2) is 14.8 Å². The molecule has 3 rings (SSSR count). The quantitative estimate of drug-likeness (QED) is 0.657. The van der Waals surface area contributed by atoms with E-state index in [1.54, 1.807) is 24.3 Å². The number of carbonyl (C=O) groups is 2. The minimum atomic E-state index is -0.321. The lowest BCUT2D eigenvalue weighted by molar-refractivity contribution is 0.103. The SMILES string of the molecule is CNC(=O)Nc1cccc(NC(=O)c2sc3nc(C)nc(C)c3c2C)c1. The predicted octanol–water partition coefficient (Wildman–Crippen LogP) is 3.62. The van der Waals surface area contributed by atoms with Gasteiger partial charge in [0.2, 0.25) is 0 Å². The van der Waals surface area contributed by atoms with Crippen LogP contribution in [0.15, 0.2) is 24.3 Å². The third-order valence-corrected chi connectivity index (χ3v) is 5.08. The number of urea groups is 1. The molecule has 3 amide bonds. The fourth-order valence-corrected chi connectivity index (χ4v) is 3.92. The number of nitrogens with one attached hydrogen (secondary N) is 3. The molecule has 0 radical (unpaired) electrons. The number of thiophene rings is 1. The molecule has 0 saturated carbocycles. The highest BCUT2D eigenvalue weighted by molar-refractivity contribution is 7.20. The van der Waals surface area contributed by atoms with Crippen LogP contribution in [0.4, 0.5) is 16.2 Å². The van der Waals surface area contributed by atoms with E-state index in [2.05, 4.69) is 25.9 Å². The molecule has 2 heterocycles. The van der Waals surface area contributed by atoms with Gasteiger partial charge in [0, 0.05) is 29.5 Å². The van der Waals surface area contributed by atoms with Crippen LogP contribution < -0.4 is 16.0 Å². The molecule has 0 aliphatic carbocycles. The maximum absolute atomic E-state index is 12.7. The van der Waals surface area contributed by atoms with Crippen molar-refractivity contribution in [3.63, 3.8) is 0 Å². The Kier molecular flexibility index (Phi) is 4.85. The molecular formula is C18H19N5O2S. The number of amides is 3. The molecule has 134 valence electrons. The Labute approximate surface area is 154 Å². The summed E-state index contributed by atoms with van der Waals surface area (Å²) in [5.41, 5.74) is 2.93. The number of rotatable bonds is 3. The second-order valence-corrected chi connectivity index (χ2v) is 6.83. The second-order valence-electron chi connectivity index (χ2n) is 5.83. The van der Waals surface area contributed by atoms with Crippen LogP contribution in [0.3, 0.4) is 0 Å². The second kappa shape index (κ2) is 7.09. The number of aromatic nitrogens is 2. The van der Waals surface area contributed by atoms with E-state index >= 15 is 0 Å². The molecule has 3 aromatic rings. The van der Waals surface area contributed by atoms with Gasteiger partial charge in [0.25, 0.3) is 5.91 Å². The van der Waals surface area contributed by atoms with E-state index in [4.69, 9.17) is 0 Å². The highest BCUT2D eigenvalue weighted by Gasteiger charge is 2.19. The van der Waals surface area contributed by atoms with Crippen LogP contribution in [0, 0.1) is 20.8 Å². The average Bonchev–Trinajstić information content (AvgIpc) is 2.91. The lowest BCUT2D eigenvalue weighted by atomic mass is 10.1. The molecule has 0 saturated heterocycles. The lowest BCUT2D eigenvalue weighted by Gasteiger charge is -2.08. The van der Waals surface area contributed by atoms with Crippen molar-refractivity contribution in [2.45, 2.75) is 20.8 Å². The summed E-state index contributed by atoms with van der Waals surface area (Å²) in [5, 5.41) is 8.97. The van der Waals surface area contributed by atoms with E-state index < -0.39 is 0 Å². The topological polar surface area (TPSA) is 96.0 Å².